The minimum Gasteiger partial charge on any atom is -0.377 e. The Labute approximate surface area is 143 Å². The SMILES string of the molecule is CC1(C)[C@H](NC(=O)Nc2ccnn2C2CCCCC2)[C@@H]2CCO[C@@H]21. The van der Waals surface area contributed by atoms with Crippen LogP contribution in [0.2, 0.25) is 0 Å². The fourth-order valence-corrected chi connectivity index (χ4v) is 4.94. The van der Waals surface area contributed by atoms with Crippen molar-refractivity contribution < 1.29 is 9.53 Å². The summed E-state index contributed by atoms with van der Waals surface area (Å²) in [4.78, 5) is 12.5. The van der Waals surface area contributed by atoms with Gasteiger partial charge >= 0.3 is 6.03 Å². The van der Waals surface area contributed by atoms with Gasteiger partial charge in [0, 0.05) is 30.0 Å². The maximum atomic E-state index is 12.5. The van der Waals surface area contributed by atoms with E-state index in [9.17, 15) is 4.79 Å². The Morgan fingerprint density at radius 1 is 1.29 bits per heavy atom. The number of nitrogens with zero attached hydrogens (tertiary/aromatic N) is 2. The highest BCUT2D eigenvalue weighted by Crippen LogP contribution is 2.52. The second kappa shape index (κ2) is 6.06. The van der Waals surface area contributed by atoms with Gasteiger partial charge in [-0.15, -0.1) is 0 Å². The van der Waals surface area contributed by atoms with E-state index >= 15 is 0 Å². The molecule has 2 saturated carbocycles. The van der Waals surface area contributed by atoms with Crippen molar-refractivity contribution in [2.75, 3.05) is 11.9 Å². The number of hydrogen-bond donors (Lipinski definition) is 2. The number of ether oxygens (including phenoxy) is 1. The van der Waals surface area contributed by atoms with E-state index in [-0.39, 0.29) is 23.6 Å². The van der Waals surface area contributed by atoms with Crippen LogP contribution >= 0.6 is 0 Å². The topological polar surface area (TPSA) is 68.2 Å². The zero-order valence-corrected chi connectivity index (χ0v) is 14.6. The summed E-state index contributed by atoms with van der Waals surface area (Å²) >= 11 is 0. The number of carbonyl (C=O) groups is 1. The van der Waals surface area contributed by atoms with Crippen molar-refractivity contribution in [1.29, 1.82) is 0 Å². The summed E-state index contributed by atoms with van der Waals surface area (Å²) in [5.41, 5.74) is 0.00210. The van der Waals surface area contributed by atoms with Gasteiger partial charge in [0.1, 0.15) is 5.82 Å². The lowest BCUT2D eigenvalue weighted by molar-refractivity contribution is -0.107. The van der Waals surface area contributed by atoms with Crippen LogP contribution in [0.3, 0.4) is 0 Å². The van der Waals surface area contributed by atoms with Gasteiger partial charge in [-0.25, -0.2) is 9.48 Å². The Bertz CT molecular complexity index is 606. The highest BCUT2D eigenvalue weighted by Gasteiger charge is 2.59. The lowest BCUT2D eigenvalue weighted by atomic mass is 9.57. The van der Waals surface area contributed by atoms with E-state index in [0.29, 0.717) is 12.0 Å². The maximum Gasteiger partial charge on any atom is 0.320 e. The molecule has 6 nitrogen and oxygen atoms in total. The summed E-state index contributed by atoms with van der Waals surface area (Å²) in [7, 11) is 0. The average Bonchev–Trinajstić information content (AvgIpc) is 3.21. The van der Waals surface area contributed by atoms with Crippen LogP contribution in [0, 0.1) is 11.3 Å². The molecule has 1 aromatic rings. The highest BCUT2D eigenvalue weighted by atomic mass is 16.5. The molecular formula is C18H28N4O2. The summed E-state index contributed by atoms with van der Waals surface area (Å²) in [5, 5.41) is 10.6. The zero-order valence-electron chi connectivity index (χ0n) is 14.6. The first-order valence-electron chi connectivity index (χ1n) is 9.30. The molecule has 132 valence electrons. The van der Waals surface area contributed by atoms with Crippen LogP contribution < -0.4 is 10.6 Å². The normalized spacial score (nSPS) is 32.0. The van der Waals surface area contributed by atoms with E-state index in [2.05, 4.69) is 29.6 Å². The van der Waals surface area contributed by atoms with Gasteiger partial charge in [-0.1, -0.05) is 33.1 Å². The first-order valence-corrected chi connectivity index (χ1v) is 9.30. The fourth-order valence-electron chi connectivity index (χ4n) is 4.94. The molecule has 6 heteroatoms. The number of anilines is 1. The Balaban J connectivity index is 1.39. The fraction of sp³-hybridized carbons (Fsp3) is 0.778. The molecule has 2 heterocycles. The van der Waals surface area contributed by atoms with Crippen LogP contribution in [0.5, 0.6) is 0 Å². The molecule has 0 spiro atoms. The van der Waals surface area contributed by atoms with Gasteiger partial charge in [-0.3, -0.25) is 5.32 Å². The van der Waals surface area contributed by atoms with E-state index in [1.54, 1.807) is 6.20 Å². The van der Waals surface area contributed by atoms with E-state index in [4.69, 9.17) is 4.74 Å². The second-order valence-corrected chi connectivity index (χ2v) is 8.09. The summed E-state index contributed by atoms with van der Waals surface area (Å²) in [6, 6.07) is 2.35. The monoisotopic (exact) mass is 332 g/mol. The lowest BCUT2D eigenvalue weighted by Gasteiger charge is -2.54. The molecule has 2 amide bonds. The quantitative estimate of drug-likeness (QED) is 0.892. The van der Waals surface area contributed by atoms with Crippen molar-refractivity contribution >= 4 is 11.8 Å². The first kappa shape index (κ1) is 15.9. The predicted molar refractivity (Wildman–Crippen MR) is 91.9 cm³/mol. The Kier molecular flexibility index (Phi) is 4.03. The van der Waals surface area contributed by atoms with Crippen LogP contribution in [-0.4, -0.2) is 34.6 Å². The van der Waals surface area contributed by atoms with Crippen molar-refractivity contribution in [2.24, 2.45) is 11.3 Å². The standard InChI is InChI=1S/C18H28N4O2/c1-18(2)15(13-9-11-24-16(13)18)21-17(23)20-14-8-10-19-22(14)12-6-4-3-5-7-12/h8,10,12-13,15-16H,3-7,9,11H2,1-2H3,(H2,20,21,23)/t13-,15+,16-/m0/s1. The Morgan fingerprint density at radius 2 is 2.08 bits per heavy atom. The zero-order chi connectivity index (χ0) is 16.7. The van der Waals surface area contributed by atoms with Crippen LogP contribution in [0.1, 0.15) is 58.4 Å². The van der Waals surface area contributed by atoms with Gasteiger partial charge in [0.05, 0.1) is 18.3 Å². The Morgan fingerprint density at radius 3 is 2.88 bits per heavy atom. The molecule has 1 aliphatic heterocycles. The Hall–Kier alpha value is -1.56. The summed E-state index contributed by atoms with van der Waals surface area (Å²) in [5.74, 6) is 1.25. The van der Waals surface area contributed by atoms with Crippen molar-refractivity contribution in [3.8, 4) is 0 Å². The molecule has 2 N–H and O–H groups in total. The molecule has 1 aromatic heterocycles. The number of amides is 2. The van der Waals surface area contributed by atoms with E-state index < -0.39 is 0 Å². The third-order valence-electron chi connectivity index (χ3n) is 6.22. The summed E-state index contributed by atoms with van der Waals surface area (Å²) in [6.45, 7) is 5.17. The van der Waals surface area contributed by atoms with Crippen molar-refractivity contribution in [3.63, 3.8) is 0 Å². The number of rotatable bonds is 3. The summed E-state index contributed by atoms with van der Waals surface area (Å²) < 4.78 is 7.79. The molecule has 0 unspecified atom stereocenters. The van der Waals surface area contributed by atoms with Gasteiger partial charge in [0.2, 0.25) is 0 Å². The number of aromatic nitrogens is 2. The molecule has 1 saturated heterocycles. The number of carbonyl (C=O) groups excluding carboxylic acids is 1. The minimum absolute atomic E-state index is 0.00210. The first-order chi connectivity index (χ1) is 11.6. The van der Waals surface area contributed by atoms with Gasteiger partial charge in [-0.2, -0.15) is 5.10 Å². The molecular weight excluding hydrogens is 304 g/mol. The molecule has 24 heavy (non-hydrogen) atoms. The van der Waals surface area contributed by atoms with Crippen LogP contribution in [-0.2, 0) is 4.74 Å². The second-order valence-electron chi connectivity index (χ2n) is 8.09. The van der Waals surface area contributed by atoms with Gasteiger partial charge in [0.25, 0.3) is 0 Å². The van der Waals surface area contributed by atoms with E-state index in [1.165, 1.54) is 19.3 Å². The lowest BCUT2D eigenvalue weighted by Crippen LogP contribution is -2.67. The molecule has 4 rings (SSSR count). The molecule has 0 radical (unpaired) electrons. The van der Waals surface area contributed by atoms with Gasteiger partial charge in [0.15, 0.2) is 0 Å². The third kappa shape index (κ3) is 2.61. The molecule has 3 fully saturated rings. The van der Waals surface area contributed by atoms with Gasteiger partial charge in [-0.05, 0) is 19.3 Å². The minimum atomic E-state index is -0.129. The number of nitrogens with one attached hydrogen (secondary N) is 2. The van der Waals surface area contributed by atoms with E-state index in [1.807, 2.05) is 10.7 Å². The molecule has 0 bridgehead atoms. The molecule has 3 atom stereocenters. The number of hydrogen-bond acceptors (Lipinski definition) is 3. The molecule has 2 aliphatic carbocycles. The van der Waals surface area contributed by atoms with Crippen molar-refractivity contribution in [2.45, 2.75) is 70.6 Å². The smallest absolute Gasteiger partial charge is 0.320 e. The van der Waals surface area contributed by atoms with Crippen LogP contribution in [0.4, 0.5) is 10.6 Å². The third-order valence-corrected chi connectivity index (χ3v) is 6.22. The summed E-state index contributed by atoms with van der Waals surface area (Å²) in [6.07, 6.45) is 9.20. The highest BCUT2D eigenvalue weighted by molar-refractivity contribution is 5.88. The largest absolute Gasteiger partial charge is 0.377 e. The molecule has 0 aromatic carbocycles. The number of fused-ring (bicyclic) bond motifs is 1. The number of urea groups is 1. The predicted octanol–water partition coefficient (Wildman–Crippen LogP) is 3.32. The van der Waals surface area contributed by atoms with Gasteiger partial charge < -0.3 is 10.1 Å². The molecule has 3 aliphatic rings. The van der Waals surface area contributed by atoms with Crippen molar-refractivity contribution in [1.82, 2.24) is 15.1 Å². The maximum absolute atomic E-state index is 12.5. The average molecular weight is 332 g/mol. The van der Waals surface area contributed by atoms with Crippen LogP contribution in [0.15, 0.2) is 12.3 Å². The van der Waals surface area contributed by atoms with Crippen molar-refractivity contribution in [3.05, 3.63) is 12.3 Å². The van der Waals surface area contributed by atoms with E-state index in [0.717, 1.165) is 31.7 Å². The van der Waals surface area contributed by atoms with Crippen LogP contribution in [0.25, 0.3) is 0 Å².